The Morgan fingerprint density at radius 2 is 1.75 bits per heavy atom. The summed E-state index contributed by atoms with van der Waals surface area (Å²) in [4.78, 5) is 0. The molecular weight excluding hydrogens is 179 g/mol. The lowest BCUT2D eigenvalue weighted by Gasteiger charge is -2.22. The molecule has 6 heteroatoms. The van der Waals surface area contributed by atoms with E-state index >= 15 is 0 Å². The van der Waals surface area contributed by atoms with Crippen LogP contribution in [0.3, 0.4) is 0 Å². The normalized spacial score (nSPS) is 13.1. The Labute approximate surface area is 73.7 Å². The van der Waals surface area contributed by atoms with Gasteiger partial charge in [-0.3, -0.25) is 0 Å². The molecule has 0 heterocycles. The summed E-state index contributed by atoms with van der Waals surface area (Å²) < 4.78 is 21.5. The number of hydrogen-bond donors (Lipinski definition) is 2. The standard InChI is InChI=1S/C6H15BO4S/c1-6(2,7(8)9)4-5-12(3,10)11/h8-9H,4-5H2,1-3H3. The molecule has 0 aliphatic rings. The minimum atomic E-state index is -3.01. The maximum absolute atomic E-state index is 10.7. The molecule has 0 spiro atoms. The van der Waals surface area contributed by atoms with E-state index in [-0.39, 0.29) is 12.2 Å². The molecule has 0 aliphatic carbocycles. The van der Waals surface area contributed by atoms with Crippen LogP contribution < -0.4 is 0 Å². The van der Waals surface area contributed by atoms with Crippen molar-refractivity contribution in [3.05, 3.63) is 0 Å². The molecule has 0 atom stereocenters. The zero-order chi connectivity index (χ0) is 9.99. The first-order valence-corrected chi connectivity index (χ1v) is 5.75. The molecule has 12 heavy (non-hydrogen) atoms. The maximum Gasteiger partial charge on any atom is 0.457 e. The first kappa shape index (κ1) is 11.9. The van der Waals surface area contributed by atoms with Crippen LogP contribution in [-0.4, -0.2) is 37.6 Å². The van der Waals surface area contributed by atoms with Crippen molar-refractivity contribution in [3.63, 3.8) is 0 Å². The minimum absolute atomic E-state index is 0.0162. The minimum Gasteiger partial charge on any atom is -0.427 e. The van der Waals surface area contributed by atoms with Crippen molar-refractivity contribution >= 4 is 17.0 Å². The van der Waals surface area contributed by atoms with Gasteiger partial charge in [0, 0.05) is 17.3 Å². The first-order chi connectivity index (χ1) is 5.15. The van der Waals surface area contributed by atoms with Crippen molar-refractivity contribution in [1.82, 2.24) is 0 Å². The van der Waals surface area contributed by atoms with Gasteiger partial charge >= 0.3 is 7.12 Å². The number of rotatable bonds is 4. The van der Waals surface area contributed by atoms with E-state index in [9.17, 15) is 8.42 Å². The van der Waals surface area contributed by atoms with E-state index in [1.54, 1.807) is 13.8 Å². The van der Waals surface area contributed by atoms with Crippen LogP contribution in [0, 0.1) is 0 Å². The highest BCUT2D eigenvalue weighted by Crippen LogP contribution is 2.30. The van der Waals surface area contributed by atoms with Crippen LogP contribution in [-0.2, 0) is 9.84 Å². The molecule has 0 radical (unpaired) electrons. The maximum atomic E-state index is 10.7. The summed E-state index contributed by atoms with van der Waals surface area (Å²) in [6, 6.07) is 0. The van der Waals surface area contributed by atoms with Crippen molar-refractivity contribution < 1.29 is 18.5 Å². The molecule has 72 valence electrons. The third-order valence-electron chi connectivity index (χ3n) is 1.82. The fourth-order valence-electron chi connectivity index (χ4n) is 0.578. The van der Waals surface area contributed by atoms with Crippen LogP contribution in [0.2, 0.25) is 5.31 Å². The van der Waals surface area contributed by atoms with E-state index in [2.05, 4.69) is 0 Å². The van der Waals surface area contributed by atoms with Crippen LogP contribution in [0.1, 0.15) is 20.3 Å². The zero-order valence-corrected chi connectivity index (χ0v) is 8.43. The highest BCUT2D eigenvalue weighted by atomic mass is 32.2. The van der Waals surface area contributed by atoms with Gasteiger partial charge in [-0.25, -0.2) is 8.42 Å². The molecule has 0 unspecified atom stereocenters. The van der Waals surface area contributed by atoms with Crippen molar-refractivity contribution in [2.75, 3.05) is 12.0 Å². The van der Waals surface area contributed by atoms with E-state index in [0.717, 1.165) is 6.26 Å². The van der Waals surface area contributed by atoms with Gasteiger partial charge in [-0.15, -0.1) is 0 Å². The van der Waals surface area contributed by atoms with Crippen LogP contribution >= 0.6 is 0 Å². The Morgan fingerprint density at radius 1 is 1.33 bits per heavy atom. The summed E-state index contributed by atoms with van der Waals surface area (Å²) in [7, 11) is -4.49. The van der Waals surface area contributed by atoms with Crippen molar-refractivity contribution in [3.8, 4) is 0 Å². The highest BCUT2D eigenvalue weighted by Gasteiger charge is 2.32. The van der Waals surface area contributed by atoms with Gasteiger partial charge in [-0.05, 0) is 6.42 Å². The Bertz CT molecular complexity index is 232. The second-order valence-electron chi connectivity index (χ2n) is 3.74. The lowest BCUT2D eigenvalue weighted by Crippen LogP contribution is -2.29. The largest absolute Gasteiger partial charge is 0.457 e. The molecule has 0 aromatic heterocycles. The summed E-state index contributed by atoms with van der Waals surface area (Å²) in [5, 5.41) is 16.9. The fraction of sp³-hybridized carbons (Fsp3) is 1.00. The van der Waals surface area contributed by atoms with Gasteiger partial charge < -0.3 is 10.0 Å². The molecule has 0 saturated heterocycles. The van der Waals surface area contributed by atoms with E-state index in [4.69, 9.17) is 10.0 Å². The average Bonchev–Trinajstić information content (AvgIpc) is 1.82. The molecule has 0 aliphatic heterocycles. The molecule has 0 bridgehead atoms. The summed E-state index contributed by atoms with van der Waals surface area (Å²) in [5.41, 5.74) is 0. The zero-order valence-electron chi connectivity index (χ0n) is 7.61. The van der Waals surface area contributed by atoms with Gasteiger partial charge in [-0.2, -0.15) is 0 Å². The SMILES string of the molecule is CC(C)(CCS(C)(=O)=O)B(O)O. The molecule has 0 amide bonds. The van der Waals surface area contributed by atoms with Crippen molar-refractivity contribution in [2.24, 2.45) is 0 Å². The fourth-order valence-corrected chi connectivity index (χ4v) is 1.47. The third kappa shape index (κ3) is 4.74. The molecule has 0 aromatic carbocycles. The van der Waals surface area contributed by atoms with Crippen LogP contribution in [0.4, 0.5) is 0 Å². The van der Waals surface area contributed by atoms with E-state index in [1.807, 2.05) is 0 Å². The van der Waals surface area contributed by atoms with Crippen LogP contribution in [0.5, 0.6) is 0 Å². The van der Waals surface area contributed by atoms with Crippen LogP contribution in [0.15, 0.2) is 0 Å². The predicted molar refractivity (Wildman–Crippen MR) is 48.6 cm³/mol. The summed E-state index contributed by atoms with van der Waals surface area (Å²) in [6.45, 7) is 3.23. The van der Waals surface area contributed by atoms with Crippen molar-refractivity contribution in [1.29, 1.82) is 0 Å². The average molecular weight is 194 g/mol. The molecule has 0 aromatic rings. The van der Waals surface area contributed by atoms with Crippen LogP contribution in [0.25, 0.3) is 0 Å². The predicted octanol–water partition coefficient (Wildman–Crippen LogP) is -0.326. The van der Waals surface area contributed by atoms with Crippen molar-refractivity contribution in [2.45, 2.75) is 25.6 Å². The summed E-state index contributed by atoms with van der Waals surface area (Å²) in [5.74, 6) is -0.0162. The molecule has 2 N–H and O–H groups in total. The molecule has 0 saturated carbocycles. The highest BCUT2D eigenvalue weighted by molar-refractivity contribution is 7.90. The van der Waals surface area contributed by atoms with E-state index < -0.39 is 22.3 Å². The lowest BCUT2D eigenvalue weighted by atomic mass is 9.59. The Kier molecular flexibility index (Phi) is 3.74. The Morgan fingerprint density at radius 3 is 2.00 bits per heavy atom. The monoisotopic (exact) mass is 194 g/mol. The second kappa shape index (κ2) is 3.76. The van der Waals surface area contributed by atoms with Gasteiger partial charge in [0.1, 0.15) is 9.84 Å². The number of sulfone groups is 1. The quantitative estimate of drug-likeness (QED) is 0.601. The molecule has 4 nitrogen and oxygen atoms in total. The third-order valence-corrected chi connectivity index (χ3v) is 2.76. The summed E-state index contributed by atoms with van der Waals surface area (Å²) >= 11 is 0. The van der Waals surface area contributed by atoms with E-state index in [0.29, 0.717) is 0 Å². The van der Waals surface area contributed by atoms with Gasteiger partial charge in [-0.1, -0.05) is 13.8 Å². The number of hydrogen-bond acceptors (Lipinski definition) is 4. The van der Waals surface area contributed by atoms with E-state index in [1.165, 1.54) is 0 Å². The lowest BCUT2D eigenvalue weighted by molar-refractivity contribution is 0.348. The molecule has 0 rings (SSSR count). The Balaban J connectivity index is 4.10. The molecular formula is C6H15BO4S. The second-order valence-corrected chi connectivity index (χ2v) is 6.00. The van der Waals surface area contributed by atoms with Gasteiger partial charge in [0.15, 0.2) is 0 Å². The molecule has 0 fully saturated rings. The van der Waals surface area contributed by atoms with Gasteiger partial charge in [0.2, 0.25) is 0 Å². The first-order valence-electron chi connectivity index (χ1n) is 3.69. The summed E-state index contributed by atoms with van der Waals surface area (Å²) in [6.07, 6.45) is 1.39. The van der Waals surface area contributed by atoms with Gasteiger partial charge in [0.25, 0.3) is 0 Å². The van der Waals surface area contributed by atoms with Gasteiger partial charge in [0.05, 0.1) is 0 Å². The smallest absolute Gasteiger partial charge is 0.427 e. The topological polar surface area (TPSA) is 74.6 Å². The Hall–Kier alpha value is -0.0651.